The molecule has 0 heterocycles. The quantitative estimate of drug-likeness (QED) is 0.650. The zero-order chi connectivity index (χ0) is 14.1. The molecule has 1 aromatic carbocycles. The van der Waals surface area contributed by atoms with Gasteiger partial charge in [-0.15, -0.1) is 6.42 Å². The van der Waals surface area contributed by atoms with Crippen molar-refractivity contribution in [3.05, 3.63) is 23.8 Å². The van der Waals surface area contributed by atoms with Gasteiger partial charge in [-0.05, 0) is 30.5 Å². The Hall–Kier alpha value is -1.62. The Morgan fingerprint density at radius 1 is 1.26 bits per heavy atom. The highest BCUT2D eigenvalue weighted by Gasteiger charge is 2.10. The molecule has 0 aliphatic rings. The van der Waals surface area contributed by atoms with Gasteiger partial charge < -0.3 is 9.47 Å². The van der Waals surface area contributed by atoms with Crippen molar-refractivity contribution in [3.8, 4) is 23.8 Å². The van der Waals surface area contributed by atoms with Gasteiger partial charge in [0.2, 0.25) is 0 Å². The van der Waals surface area contributed by atoms with Crippen LogP contribution >= 0.6 is 0 Å². The molecule has 2 heteroatoms. The molecule has 0 aliphatic heterocycles. The molecular formula is C17H24O2. The second-order valence-corrected chi connectivity index (χ2v) is 4.74. The first-order valence-electron chi connectivity index (χ1n) is 7.02. The number of rotatable bonds is 8. The van der Waals surface area contributed by atoms with Gasteiger partial charge in [0.25, 0.3) is 0 Å². The predicted molar refractivity (Wildman–Crippen MR) is 79.7 cm³/mol. The number of benzene rings is 1. The summed E-state index contributed by atoms with van der Waals surface area (Å²) < 4.78 is 11.2. The van der Waals surface area contributed by atoms with E-state index < -0.39 is 0 Å². The van der Waals surface area contributed by atoms with Crippen LogP contribution in [0.3, 0.4) is 0 Å². The van der Waals surface area contributed by atoms with Crippen LogP contribution in [0.2, 0.25) is 0 Å². The molecule has 19 heavy (non-hydrogen) atoms. The Balaban J connectivity index is 2.63. The van der Waals surface area contributed by atoms with Crippen LogP contribution in [0.15, 0.2) is 18.2 Å². The molecule has 0 N–H and O–H groups in total. The largest absolute Gasteiger partial charge is 0.493 e. The molecule has 0 saturated carbocycles. The summed E-state index contributed by atoms with van der Waals surface area (Å²) in [5.74, 6) is 4.69. The van der Waals surface area contributed by atoms with Gasteiger partial charge in [-0.25, -0.2) is 0 Å². The lowest BCUT2D eigenvalue weighted by molar-refractivity contribution is 0.224. The lowest BCUT2D eigenvalue weighted by atomic mass is 10.0. The molecule has 0 radical (unpaired) electrons. The fraction of sp³-hybridized carbons (Fsp3) is 0.529. The monoisotopic (exact) mass is 260 g/mol. The number of ether oxygens (including phenoxy) is 2. The van der Waals surface area contributed by atoms with E-state index in [-0.39, 0.29) is 0 Å². The minimum Gasteiger partial charge on any atom is -0.493 e. The van der Waals surface area contributed by atoms with E-state index in [2.05, 4.69) is 19.8 Å². The maximum absolute atomic E-state index is 5.88. The predicted octanol–water partition coefficient (Wildman–Crippen LogP) is 4.27. The molecule has 0 saturated heterocycles. The normalized spacial score (nSPS) is 11.7. The zero-order valence-electron chi connectivity index (χ0n) is 12.2. The number of methoxy groups -OCH3 is 1. The summed E-state index contributed by atoms with van der Waals surface area (Å²) >= 11 is 0. The third-order valence-electron chi connectivity index (χ3n) is 3.35. The van der Waals surface area contributed by atoms with Crippen molar-refractivity contribution < 1.29 is 9.47 Å². The summed E-state index contributed by atoms with van der Waals surface area (Å²) in [5, 5.41) is 0. The van der Waals surface area contributed by atoms with Gasteiger partial charge in [0, 0.05) is 5.56 Å². The summed E-state index contributed by atoms with van der Waals surface area (Å²) in [4.78, 5) is 0. The average Bonchev–Trinajstić information content (AvgIpc) is 2.47. The van der Waals surface area contributed by atoms with Crippen LogP contribution in [0, 0.1) is 18.3 Å². The van der Waals surface area contributed by atoms with Crippen LogP contribution in [0.5, 0.6) is 11.5 Å². The molecule has 1 rings (SSSR count). The van der Waals surface area contributed by atoms with Crippen LogP contribution in [-0.4, -0.2) is 13.7 Å². The summed E-state index contributed by atoms with van der Waals surface area (Å²) in [6, 6.07) is 5.60. The molecule has 1 unspecified atom stereocenters. The third-order valence-corrected chi connectivity index (χ3v) is 3.35. The van der Waals surface area contributed by atoms with Crippen LogP contribution in [0.25, 0.3) is 0 Å². The molecular weight excluding hydrogens is 236 g/mol. The minimum absolute atomic E-state index is 0.608. The Labute approximate surface area is 117 Å². The van der Waals surface area contributed by atoms with Crippen molar-refractivity contribution in [3.63, 3.8) is 0 Å². The molecule has 0 spiro atoms. The second-order valence-electron chi connectivity index (χ2n) is 4.74. The second kappa shape index (κ2) is 8.48. The van der Waals surface area contributed by atoms with E-state index in [0.29, 0.717) is 11.7 Å². The highest BCUT2D eigenvalue weighted by Crippen LogP contribution is 2.28. The number of unbranched alkanes of at least 4 members (excludes halogenated alkanes) is 1. The Morgan fingerprint density at radius 2 is 2.05 bits per heavy atom. The first kappa shape index (κ1) is 15.4. The molecule has 104 valence electrons. The van der Waals surface area contributed by atoms with E-state index in [1.54, 1.807) is 7.11 Å². The van der Waals surface area contributed by atoms with Crippen LogP contribution in [0.1, 0.15) is 45.1 Å². The zero-order valence-corrected chi connectivity index (χ0v) is 12.2. The maximum Gasteiger partial charge on any atom is 0.161 e. The highest BCUT2D eigenvalue weighted by molar-refractivity contribution is 5.47. The van der Waals surface area contributed by atoms with E-state index >= 15 is 0 Å². The van der Waals surface area contributed by atoms with Gasteiger partial charge in [0.15, 0.2) is 11.5 Å². The van der Waals surface area contributed by atoms with E-state index in [9.17, 15) is 0 Å². The van der Waals surface area contributed by atoms with Gasteiger partial charge >= 0.3 is 0 Å². The summed E-state index contributed by atoms with van der Waals surface area (Å²) in [6.45, 7) is 5.17. The molecule has 0 aromatic heterocycles. The molecule has 0 bridgehead atoms. The minimum atomic E-state index is 0.608. The molecule has 0 fully saturated rings. The first-order valence-corrected chi connectivity index (χ1v) is 7.02. The van der Waals surface area contributed by atoms with Crippen molar-refractivity contribution in [2.45, 2.75) is 39.5 Å². The van der Waals surface area contributed by atoms with Gasteiger partial charge in [0.05, 0.1) is 13.7 Å². The molecule has 0 aliphatic carbocycles. The van der Waals surface area contributed by atoms with Gasteiger partial charge in [-0.3, -0.25) is 0 Å². The number of terminal acetylenes is 1. The van der Waals surface area contributed by atoms with Gasteiger partial charge in [0.1, 0.15) is 0 Å². The maximum atomic E-state index is 5.88. The molecule has 0 amide bonds. The Kier molecular flexibility index (Phi) is 6.89. The lowest BCUT2D eigenvalue weighted by Gasteiger charge is -2.17. The first-order chi connectivity index (χ1) is 9.24. The van der Waals surface area contributed by atoms with Crippen LogP contribution < -0.4 is 9.47 Å². The lowest BCUT2D eigenvalue weighted by Crippen LogP contribution is -2.11. The number of hydrogen-bond donors (Lipinski definition) is 0. The van der Waals surface area contributed by atoms with Gasteiger partial charge in [-0.1, -0.05) is 39.0 Å². The average molecular weight is 260 g/mol. The summed E-state index contributed by atoms with van der Waals surface area (Å²) in [6.07, 6.45) is 10.2. The Bertz CT molecular complexity index is 418. The summed E-state index contributed by atoms with van der Waals surface area (Å²) in [7, 11) is 1.64. The highest BCUT2D eigenvalue weighted by atomic mass is 16.5. The van der Waals surface area contributed by atoms with E-state index in [1.807, 2.05) is 18.2 Å². The molecule has 1 atom stereocenters. The molecule has 2 nitrogen and oxygen atoms in total. The van der Waals surface area contributed by atoms with E-state index in [1.165, 1.54) is 19.3 Å². The van der Waals surface area contributed by atoms with Crippen LogP contribution in [-0.2, 0) is 0 Å². The van der Waals surface area contributed by atoms with E-state index in [4.69, 9.17) is 15.9 Å². The number of hydrogen-bond acceptors (Lipinski definition) is 2. The smallest absolute Gasteiger partial charge is 0.161 e. The van der Waals surface area contributed by atoms with Crippen molar-refractivity contribution in [2.75, 3.05) is 13.7 Å². The fourth-order valence-corrected chi connectivity index (χ4v) is 1.98. The van der Waals surface area contributed by atoms with E-state index in [0.717, 1.165) is 24.3 Å². The topological polar surface area (TPSA) is 18.5 Å². The van der Waals surface area contributed by atoms with Crippen molar-refractivity contribution >= 4 is 0 Å². The van der Waals surface area contributed by atoms with Gasteiger partial charge in [-0.2, -0.15) is 0 Å². The third kappa shape index (κ3) is 4.87. The fourth-order valence-electron chi connectivity index (χ4n) is 1.98. The SMILES string of the molecule is C#Cc1ccc(OCC(CC)CCCC)c(OC)c1. The van der Waals surface area contributed by atoms with Crippen molar-refractivity contribution in [1.82, 2.24) is 0 Å². The van der Waals surface area contributed by atoms with Crippen molar-refractivity contribution in [2.24, 2.45) is 5.92 Å². The standard InChI is InChI=1S/C17H24O2/c1-5-8-9-15(7-3)13-19-16-11-10-14(6-2)12-17(16)18-4/h2,10-12,15H,5,7-9,13H2,1,3-4H3. The van der Waals surface area contributed by atoms with Crippen molar-refractivity contribution in [1.29, 1.82) is 0 Å². The van der Waals surface area contributed by atoms with Crippen LogP contribution in [0.4, 0.5) is 0 Å². The molecule has 1 aromatic rings. The summed E-state index contributed by atoms with van der Waals surface area (Å²) in [5.41, 5.74) is 0.808. The Morgan fingerprint density at radius 3 is 2.63 bits per heavy atom.